The second-order valence-corrected chi connectivity index (χ2v) is 20.4. The van der Waals surface area contributed by atoms with Crippen molar-refractivity contribution in [1.82, 2.24) is 40.9 Å². The molecule has 0 saturated heterocycles. The van der Waals surface area contributed by atoms with Gasteiger partial charge < -0.3 is 78.1 Å². The number of carbonyl (C=O) groups is 12. The Balaban J connectivity index is 1.17. The van der Waals surface area contributed by atoms with Crippen LogP contribution in [0.4, 0.5) is 0 Å². The molecule has 4 N–H and O–H groups in total. The van der Waals surface area contributed by atoms with Crippen LogP contribution in [0.25, 0.3) is 0 Å². The first-order valence-electron chi connectivity index (χ1n) is 30.3. The molecule has 0 atom stereocenters. The summed E-state index contributed by atoms with van der Waals surface area (Å²) < 4.78 is 69.9. The number of hydrogen-bond donors (Lipinski definition) is 4. The summed E-state index contributed by atoms with van der Waals surface area (Å²) in [4.78, 5) is 146. The van der Waals surface area contributed by atoms with Crippen molar-refractivity contribution in [2.45, 2.75) is 38.5 Å². The fourth-order valence-corrected chi connectivity index (χ4v) is 8.31. The van der Waals surface area contributed by atoms with Gasteiger partial charge in [0.25, 0.3) is 47.3 Å². The number of rotatable bonds is 58. The summed E-state index contributed by atoms with van der Waals surface area (Å²) in [5.41, 5.74) is -0.856. The molecule has 0 unspecified atom stereocenters. The second-order valence-electron chi connectivity index (χ2n) is 20.4. The molecule has 0 aromatic carbocycles. The van der Waals surface area contributed by atoms with Gasteiger partial charge >= 0.3 is 0 Å². The molecular formula is C59H88N8O24. The zero-order chi connectivity index (χ0) is 65.6. The average molecular weight is 1290 g/mol. The largest absolute Gasteiger partial charge is 0.379 e. The number of nitrogens with one attached hydrogen (secondary N) is 4. The molecule has 32 nitrogen and oxygen atoms in total. The lowest BCUT2D eigenvalue weighted by Gasteiger charge is -2.33. The third-order valence-corrected chi connectivity index (χ3v) is 13.2. The van der Waals surface area contributed by atoms with Gasteiger partial charge in [0.15, 0.2) is 0 Å². The Hall–Kier alpha value is -7.08. The van der Waals surface area contributed by atoms with E-state index in [4.69, 9.17) is 56.8 Å². The maximum atomic E-state index is 12.2. The zero-order valence-electron chi connectivity index (χ0n) is 51.6. The van der Waals surface area contributed by atoms with Gasteiger partial charge in [-0.15, -0.1) is 0 Å². The van der Waals surface area contributed by atoms with Gasteiger partial charge in [-0.2, -0.15) is 0 Å². The lowest BCUT2D eigenvalue weighted by Crippen LogP contribution is -2.43. The highest BCUT2D eigenvalue weighted by atomic mass is 16.6. The van der Waals surface area contributed by atoms with Crippen LogP contribution in [0, 0.1) is 5.41 Å². The third-order valence-electron chi connectivity index (χ3n) is 13.2. The number of hydrogen-bond acceptors (Lipinski definition) is 24. The molecule has 12 amide bonds. The van der Waals surface area contributed by atoms with E-state index in [2.05, 4.69) is 21.3 Å². The predicted molar refractivity (Wildman–Crippen MR) is 315 cm³/mol. The van der Waals surface area contributed by atoms with Crippen molar-refractivity contribution >= 4 is 70.9 Å². The highest BCUT2D eigenvalue weighted by molar-refractivity contribution is 6.14. The number of nitrogens with zero attached hydrogens (tertiary/aromatic N) is 4. The van der Waals surface area contributed by atoms with Gasteiger partial charge in [-0.25, -0.2) is 0 Å². The predicted octanol–water partition coefficient (Wildman–Crippen LogP) is -3.32. The van der Waals surface area contributed by atoms with E-state index in [1.807, 2.05) is 0 Å². The zero-order valence-corrected chi connectivity index (χ0v) is 51.6. The number of amides is 12. The maximum absolute atomic E-state index is 12.2. The first-order chi connectivity index (χ1) is 44.2. The SMILES string of the molecule is O=C(CCN1C(=O)C=CC1=O)NCCCOCCOCCOCC(COCCOCCOCCCNC(=O)CCN1C(=O)C=CC1=O)(COCCOCCOCCNC(=O)CCN1C(=O)C=CC1=O)COCCOCCOCCNC(=O)CCN1C(=O)C=CC1=O. The first kappa shape index (κ1) is 76.4. The Kier molecular flexibility index (Phi) is 39.4. The molecular weight excluding hydrogens is 1200 g/mol. The molecule has 0 saturated carbocycles. The van der Waals surface area contributed by atoms with Gasteiger partial charge in [-0.1, -0.05) is 0 Å². The molecule has 0 spiro atoms. The van der Waals surface area contributed by atoms with Crippen LogP contribution in [0.1, 0.15) is 38.5 Å². The molecule has 0 fully saturated rings. The van der Waals surface area contributed by atoms with Gasteiger partial charge in [0.2, 0.25) is 23.6 Å². The molecule has 32 heteroatoms. The van der Waals surface area contributed by atoms with E-state index in [0.717, 1.165) is 43.9 Å². The van der Waals surface area contributed by atoms with E-state index in [-0.39, 0.29) is 221 Å². The molecule has 4 heterocycles. The van der Waals surface area contributed by atoms with E-state index in [9.17, 15) is 57.5 Å². The van der Waals surface area contributed by atoms with Crippen LogP contribution in [0.15, 0.2) is 48.6 Å². The van der Waals surface area contributed by atoms with Crippen molar-refractivity contribution in [1.29, 1.82) is 0 Å². The molecule has 0 bridgehead atoms. The van der Waals surface area contributed by atoms with Crippen molar-refractivity contribution < 1.29 is 114 Å². The van der Waals surface area contributed by atoms with Crippen LogP contribution in [0.2, 0.25) is 0 Å². The summed E-state index contributed by atoms with van der Waals surface area (Å²) >= 11 is 0. The minimum atomic E-state index is -0.856. The topological polar surface area (TPSA) is 377 Å². The number of imide groups is 4. The van der Waals surface area contributed by atoms with Crippen LogP contribution < -0.4 is 21.3 Å². The average Bonchev–Trinajstić information content (AvgIpc) is 3.32. The highest BCUT2D eigenvalue weighted by Crippen LogP contribution is 2.21. The van der Waals surface area contributed by atoms with E-state index < -0.39 is 52.7 Å². The lowest BCUT2D eigenvalue weighted by molar-refractivity contribution is -0.139. The number of ether oxygens (including phenoxy) is 12. The van der Waals surface area contributed by atoms with Crippen molar-refractivity contribution in [2.24, 2.45) is 5.41 Å². The van der Waals surface area contributed by atoms with Crippen LogP contribution in [-0.4, -0.2) is 301 Å². The van der Waals surface area contributed by atoms with Gasteiger partial charge in [0, 0.05) is 140 Å². The maximum Gasteiger partial charge on any atom is 0.253 e. The lowest BCUT2D eigenvalue weighted by atomic mass is 9.92. The summed E-state index contributed by atoms with van der Waals surface area (Å²) in [5, 5.41) is 10.8. The summed E-state index contributed by atoms with van der Waals surface area (Å²) in [6, 6.07) is 0. The molecule has 0 radical (unpaired) electrons. The molecule has 508 valence electrons. The van der Waals surface area contributed by atoms with Crippen LogP contribution >= 0.6 is 0 Å². The molecule has 0 aliphatic carbocycles. The molecule has 0 aromatic rings. The van der Waals surface area contributed by atoms with Crippen molar-refractivity contribution in [3.8, 4) is 0 Å². The van der Waals surface area contributed by atoms with Crippen molar-refractivity contribution in [3.05, 3.63) is 48.6 Å². The van der Waals surface area contributed by atoms with E-state index in [0.29, 0.717) is 52.4 Å². The Bertz CT molecular complexity index is 2220. The van der Waals surface area contributed by atoms with Gasteiger partial charge in [0.1, 0.15) is 0 Å². The Morgan fingerprint density at radius 1 is 0.264 bits per heavy atom. The van der Waals surface area contributed by atoms with Gasteiger partial charge in [-0.3, -0.25) is 77.1 Å². The molecule has 4 aliphatic rings. The van der Waals surface area contributed by atoms with Crippen LogP contribution in [0.5, 0.6) is 0 Å². The number of carbonyl (C=O) groups excluding carboxylic acids is 12. The Labute approximate surface area is 528 Å². The van der Waals surface area contributed by atoms with Crippen LogP contribution in [0.3, 0.4) is 0 Å². The summed E-state index contributed by atoms with van der Waals surface area (Å²) in [6.07, 6.45) is 10.3. The second kappa shape index (κ2) is 46.9. The monoisotopic (exact) mass is 1290 g/mol. The van der Waals surface area contributed by atoms with E-state index in [1.165, 1.54) is 24.3 Å². The fraction of sp³-hybridized carbons (Fsp3) is 0.661. The quantitative estimate of drug-likeness (QED) is 0.0342. The molecule has 4 rings (SSSR count). The van der Waals surface area contributed by atoms with Crippen molar-refractivity contribution in [3.63, 3.8) is 0 Å². The summed E-state index contributed by atoms with van der Waals surface area (Å²) in [5.74, 6) is -4.80. The minimum absolute atomic E-state index is 0.00160. The van der Waals surface area contributed by atoms with Gasteiger partial charge in [-0.05, 0) is 12.8 Å². The van der Waals surface area contributed by atoms with E-state index >= 15 is 0 Å². The van der Waals surface area contributed by atoms with Gasteiger partial charge in [0.05, 0.1) is 151 Å². The molecule has 0 aromatic heterocycles. The normalized spacial score (nSPS) is 14.7. The summed E-state index contributed by atoms with van der Waals surface area (Å²) in [6.45, 7) is 6.52. The first-order valence-corrected chi connectivity index (χ1v) is 30.3. The van der Waals surface area contributed by atoms with Crippen molar-refractivity contribution in [2.75, 3.05) is 211 Å². The van der Waals surface area contributed by atoms with Crippen LogP contribution in [-0.2, 0) is 114 Å². The molecule has 4 aliphatic heterocycles. The summed E-state index contributed by atoms with van der Waals surface area (Å²) in [7, 11) is 0. The highest BCUT2D eigenvalue weighted by Gasteiger charge is 2.33. The smallest absolute Gasteiger partial charge is 0.253 e. The fourth-order valence-electron chi connectivity index (χ4n) is 8.31. The third kappa shape index (κ3) is 33.7. The van der Waals surface area contributed by atoms with E-state index in [1.54, 1.807) is 0 Å². The minimum Gasteiger partial charge on any atom is -0.379 e. The standard InChI is InChI=1S/C59H88N8O24/c68-47(11-19-64-51(72)3-4-52(64)73)60-15-1-23-80-27-31-84-35-39-88-43-59(45-90-41-37-86-33-29-82-25-17-62-49(70)13-21-66-55(76)7-8-56(66)77,46-91-42-38-87-34-30-83-26-18-63-50(71)14-22-67-57(78)9-10-58(67)79)44-89-40-36-85-32-28-81-24-2-16-61-48(69)12-20-65-53(74)5-6-54(65)75/h3-10H,1-2,11-46H2,(H,60,68)(H,61,69)(H,62,70)(H,63,71). The Morgan fingerprint density at radius 3 is 0.681 bits per heavy atom. The Morgan fingerprint density at radius 2 is 0.451 bits per heavy atom. The molecule has 91 heavy (non-hydrogen) atoms.